The smallest absolute Gasteiger partial charge is 0.129 e. The van der Waals surface area contributed by atoms with Crippen molar-refractivity contribution in [3.63, 3.8) is 0 Å². The summed E-state index contributed by atoms with van der Waals surface area (Å²) in [5.41, 5.74) is 1.18. The molecule has 0 bridgehead atoms. The number of aromatic nitrogens is 1. The van der Waals surface area contributed by atoms with Gasteiger partial charge >= 0.3 is 0 Å². The lowest BCUT2D eigenvalue weighted by Crippen LogP contribution is -2.15. The van der Waals surface area contributed by atoms with Gasteiger partial charge < -0.3 is 10.4 Å². The van der Waals surface area contributed by atoms with E-state index in [0.29, 0.717) is 0 Å². The van der Waals surface area contributed by atoms with E-state index < -0.39 is 0 Å². The first-order chi connectivity index (χ1) is 7.15. The molecule has 15 heavy (non-hydrogen) atoms. The van der Waals surface area contributed by atoms with E-state index in [0.717, 1.165) is 11.6 Å². The molecular formula is C11H18N2OS. The number of pyridine rings is 1. The van der Waals surface area contributed by atoms with Gasteiger partial charge in [-0.25, -0.2) is 4.98 Å². The highest BCUT2D eigenvalue weighted by molar-refractivity contribution is 7.99. The van der Waals surface area contributed by atoms with E-state index in [2.05, 4.69) is 16.4 Å². The number of thioether (sulfide) groups is 1. The Balaban J connectivity index is 2.57. The van der Waals surface area contributed by atoms with Crippen LogP contribution in [0.5, 0.6) is 0 Å². The fraction of sp³-hybridized carbons (Fsp3) is 0.545. The molecule has 0 aliphatic rings. The van der Waals surface area contributed by atoms with Gasteiger partial charge in [0.15, 0.2) is 0 Å². The molecule has 0 amide bonds. The molecule has 0 fully saturated rings. The highest BCUT2D eigenvalue weighted by atomic mass is 32.2. The second-order valence-corrected chi connectivity index (χ2v) is 4.88. The maximum atomic E-state index is 9.37. The summed E-state index contributed by atoms with van der Waals surface area (Å²) in [6.07, 6.45) is 1.50. The normalized spacial score (nSPS) is 14.7. The van der Waals surface area contributed by atoms with Gasteiger partial charge in [-0.3, -0.25) is 0 Å². The predicted octanol–water partition coefficient (Wildman–Crippen LogP) is 2.13. The molecule has 4 heteroatoms. The number of aliphatic hydroxyl groups excluding tert-OH is 1. The third kappa shape index (κ3) is 3.72. The molecule has 1 heterocycles. The summed E-state index contributed by atoms with van der Waals surface area (Å²) in [5.74, 6) is 1.79. The van der Waals surface area contributed by atoms with Gasteiger partial charge in [-0.05, 0) is 13.0 Å². The number of anilines is 1. The molecule has 3 nitrogen and oxygen atoms in total. The Labute approximate surface area is 95.3 Å². The number of nitrogens with zero attached hydrogens (tertiary/aromatic N) is 1. The van der Waals surface area contributed by atoms with Crippen LogP contribution in [0.2, 0.25) is 0 Å². The standard InChI is InChI=1S/C11H18N2OS/c1-8(14)9(2)15-7-10-5-4-6-13-11(10)12-3/h4-6,8-9,14H,7H2,1-3H3,(H,12,13). The number of aliphatic hydroxyl groups is 1. The predicted molar refractivity (Wildman–Crippen MR) is 66.2 cm³/mol. The third-order valence-electron chi connectivity index (χ3n) is 2.31. The minimum atomic E-state index is -0.273. The summed E-state index contributed by atoms with van der Waals surface area (Å²) in [6, 6.07) is 3.99. The molecule has 0 aliphatic carbocycles. The van der Waals surface area contributed by atoms with Crippen molar-refractivity contribution in [2.24, 2.45) is 0 Å². The number of hydrogen-bond donors (Lipinski definition) is 2. The molecule has 84 valence electrons. The summed E-state index contributed by atoms with van der Waals surface area (Å²) in [4.78, 5) is 4.23. The Morgan fingerprint density at radius 1 is 1.53 bits per heavy atom. The number of nitrogens with one attached hydrogen (secondary N) is 1. The maximum absolute atomic E-state index is 9.37. The van der Waals surface area contributed by atoms with Crippen LogP contribution in [-0.2, 0) is 5.75 Å². The van der Waals surface area contributed by atoms with E-state index in [1.165, 1.54) is 5.56 Å². The van der Waals surface area contributed by atoms with Crippen molar-refractivity contribution in [3.8, 4) is 0 Å². The van der Waals surface area contributed by atoms with Gasteiger partial charge in [0.05, 0.1) is 6.10 Å². The third-order valence-corrected chi connectivity index (χ3v) is 3.71. The molecular weight excluding hydrogens is 208 g/mol. The van der Waals surface area contributed by atoms with Crippen LogP contribution in [0.15, 0.2) is 18.3 Å². The molecule has 0 radical (unpaired) electrons. The Morgan fingerprint density at radius 3 is 2.87 bits per heavy atom. The number of rotatable bonds is 5. The summed E-state index contributed by atoms with van der Waals surface area (Å²) >= 11 is 1.74. The topological polar surface area (TPSA) is 45.2 Å². The average molecular weight is 226 g/mol. The highest BCUT2D eigenvalue weighted by Gasteiger charge is 2.10. The molecule has 0 aromatic carbocycles. The van der Waals surface area contributed by atoms with Gasteiger partial charge in [0, 0.05) is 29.8 Å². The van der Waals surface area contributed by atoms with E-state index in [4.69, 9.17) is 0 Å². The van der Waals surface area contributed by atoms with Crippen LogP contribution in [0.1, 0.15) is 19.4 Å². The molecule has 0 saturated carbocycles. The minimum absolute atomic E-state index is 0.245. The second-order valence-electron chi connectivity index (χ2n) is 3.52. The number of hydrogen-bond acceptors (Lipinski definition) is 4. The fourth-order valence-electron chi connectivity index (χ4n) is 1.14. The lowest BCUT2D eigenvalue weighted by molar-refractivity contribution is 0.196. The lowest BCUT2D eigenvalue weighted by atomic mass is 10.3. The molecule has 2 N–H and O–H groups in total. The van der Waals surface area contributed by atoms with Gasteiger partial charge in [0.2, 0.25) is 0 Å². The van der Waals surface area contributed by atoms with E-state index in [1.807, 2.05) is 27.0 Å². The average Bonchev–Trinajstić information content (AvgIpc) is 2.26. The van der Waals surface area contributed by atoms with E-state index in [-0.39, 0.29) is 11.4 Å². The first-order valence-corrected chi connectivity index (χ1v) is 6.11. The van der Waals surface area contributed by atoms with Crippen LogP contribution in [-0.4, -0.2) is 28.5 Å². The zero-order valence-electron chi connectivity index (χ0n) is 9.40. The highest BCUT2D eigenvalue weighted by Crippen LogP contribution is 2.23. The summed E-state index contributed by atoms with van der Waals surface area (Å²) in [5, 5.41) is 12.7. The molecule has 1 rings (SSSR count). The van der Waals surface area contributed by atoms with Crippen LogP contribution in [0.4, 0.5) is 5.82 Å². The van der Waals surface area contributed by atoms with Gasteiger partial charge in [-0.15, -0.1) is 0 Å². The molecule has 1 aromatic heterocycles. The monoisotopic (exact) mass is 226 g/mol. The van der Waals surface area contributed by atoms with Gasteiger partial charge in [-0.1, -0.05) is 13.0 Å². The van der Waals surface area contributed by atoms with Crippen molar-refractivity contribution in [1.29, 1.82) is 0 Å². The van der Waals surface area contributed by atoms with Crippen molar-refractivity contribution >= 4 is 17.6 Å². The Bertz CT molecular complexity index is 304. The van der Waals surface area contributed by atoms with Crippen LogP contribution >= 0.6 is 11.8 Å². The Kier molecular flexibility index (Phi) is 4.91. The molecule has 2 unspecified atom stereocenters. The molecule has 0 spiro atoms. The SMILES string of the molecule is CNc1ncccc1CSC(C)C(C)O. The Morgan fingerprint density at radius 2 is 2.27 bits per heavy atom. The second kappa shape index (κ2) is 5.98. The summed E-state index contributed by atoms with van der Waals surface area (Å²) in [7, 11) is 1.87. The fourth-order valence-corrected chi connectivity index (χ4v) is 2.09. The van der Waals surface area contributed by atoms with Crippen molar-refractivity contribution in [2.45, 2.75) is 31.0 Å². The van der Waals surface area contributed by atoms with Gasteiger partial charge in [0.25, 0.3) is 0 Å². The largest absolute Gasteiger partial charge is 0.392 e. The van der Waals surface area contributed by atoms with Gasteiger partial charge in [0.1, 0.15) is 5.82 Å². The molecule has 1 aromatic rings. The summed E-state index contributed by atoms with van der Waals surface area (Å²) < 4.78 is 0. The van der Waals surface area contributed by atoms with Crippen molar-refractivity contribution in [2.75, 3.05) is 12.4 Å². The van der Waals surface area contributed by atoms with Crippen molar-refractivity contribution in [1.82, 2.24) is 4.98 Å². The zero-order valence-corrected chi connectivity index (χ0v) is 10.2. The summed E-state index contributed by atoms with van der Waals surface area (Å²) in [6.45, 7) is 3.85. The molecule has 0 saturated heterocycles. The molecule has 2 atom stereocenters. The quantitative estimate of drug-likeness (QED) is 0.807. The van der Waals surface area contributed by atoms with E-state index in [9.17, 15) is 5.11 Å². The van der Waals surface area contributed by atoms with E-state index in [1.54, 1.807) is 18.0 Å². The first kappa shape index (κ1) is 12.3. The maximum Gasteiger partial charge on any atom is 0.129 e. The Hall–Kier alpha value is -0.740. The minimum Gasteiger partial charge on any atom is -0.392 e. The van der Waals surface area contributed by atoms with Crippen LogP contribution in [0.25, 0.3) is 0 Å². The van der Waals surface area contributed by atoms with Crippen LogP contribution < -0.4 is 5.32 Å². The van der Waals surface area contributed by atoms with Gasteiger partial charge in [-0.2, -0.15) is 11.8 Å². The lowest BCUT2D eigenvalue weighted by Gasteiger charge is -2.14. The zero-order chi connectivity index (χ0) is 11.3. The van der Waals surface area contributed by atoms with Crippen LogP contribution in [0, 0.1) is 0 Å². The van der Waals surface area contributed by atoms with Crippen LogP contribution in [0.3, 0.4) is 0 Å². The molecule has 0 aliphatic heterocycles. The van der Waals surface area contributed by atoms with Crippen molar-refractivity contribution < 1.29 is 5.11 Å². The van der Waals surface area contributed by atoms with E-state index >= 15 is 0 Å². The first-order valence-electron chi connectivity index (χ1n) is 5.06. The van der Waals surface area contributed by atoms with Crippen molar-refractivity contribution in [3.05, 3.63) is 23.9 Å².